The van der Waals surface area contributed by atoms with Gasteiger partial charge in [-0.3, -0.25) is 4.98 Å². The van der Waals surface area contributed by atoms with Gasteiger partial charge in [0.15, 0.2) is 6.61 Å². The normalized spacial score (nSPS) is 13.2. The molecule has 6 nitrogen and oxygen atoms in total. The molecule has 2 aromatic carbocycles. The van der Waals surface area contributed by atoms with Crippen LogP contribution < -0.4 is 4.74 Å². The minimum Gasteiger partial charge on any atom is -0.482 e. The van der Waals surface area contributed by atoms with Crippen LogP contribution in [0.5, 0.6) is 5.75 Å². The molecule has 0 unspecified atom stereocenters. The summed E-state index contributed by atoms with van der Waals surface area (Å²) >= 11 is 0. The zero-order valence-electron chi connectivity index (χ0n) is 16.9. The van der Waals surface area contributed by atoms with Gasteiger partial charge in [-0.2, -0.15) is 0 Å². The van der Waals surface area contributed by atoms with Gasteiger partial charge >= 0.3 is 5.97 Å². The molecule has 3 aromatic rings. The summed E-state index contributed by atoms with van der Waals surface area (Å²) < 4.78 is 5.47. The topological polar surface area (TPSA) is 81.0 Å². The van der Waals surface area contributed by atoms with Crippen molar-refractivity contribution in [3.8, 4) is 5.75 Å². The second kappa shape index (κ2) is 9.71. The van der Waals surface area contributed by atoms with Crippen LogP contribution in [0.1, 0.15) is 28.7 Å². The quantitative estimate of drug-likeness (QED) is 0.438. The monoisotopic (exact) mass is 414 g/mol. The molecule has 0 spiro atoms. The third-order valence-corrected chi connectivity index (χ3v) is 4.97. The molecule has 0 bridgehead atoms. The SMILES string of the molecule is O=C(O)COc1cccc2c1CCC=C2CO/N=C(/c1ccccc1)c1cccnc1. The first-order chi connectivity index (χ1) is 15.2. The van der Waals surface area contributed by atoms with E-state index in [4.69, 9.17) is 14.7 Å². The zero-order chi connectivity index (χ0) is 21.5. The van der Waals surface area contributed by atoms with Crippen molar-refractivity contribution in [3.63, 3.8) is 0 Å². The standard InChI is InChI=1S/C25H22N2O4/c28-24(29)17-30-23-13-5-11-21-20(9-4-12-22(21)23)16-31-27-25(18-7-2-1-3-8-18)19-10-6-14-26-15-19/h1-3,5-11,13-15H,4,12,16-17H2,(H,28,29)/b27-25-. The van der Waals surface area contributed by atoms with Crippen molar-refractivity contribution in [1.82, 2.24) is 4.98 Å². The van der Waals surface area contributed by atoms with Gasteiger partial charge in [0.2, 0.25) is 0 Å². The average molecular weight is 414 g/mol. The zero-order valence-corrected chi connectivity index (χ0v) is 16.9. The average Bonchev–Trinajstić information content (AvgIpc) is 2.81. The van der Waals surface area contributed by atoms with Gasteiger partial charge in [0, 0.05) is 29.1 Å². The van der Waals surface area contributed by atoms with Gasteiger partial charge in [-0.25, -0.2) is 4.79 Å². The second-order valence-electron chi connectivity index (χ2n) is 7.05. The number of aliphatic carboxylic acids is 1. The number of fused-ring (bicyclic) bond motifs is 1. The highest BCUT2D eigenvalue weighted by Gasteiger charge is 2.18. The van der Waals surface area contributed by atoms with E-state index < -0.39 is 5.97 Å². The van der Waals surface area contributed by atoms with Gasteiger partial charge in [0.25, 0.3) is 0 Å². The largest absolute Gasteiger partial charge is 0.482 e. The van der Waals surface area contributed by atoms with E-state index in [9.17, 15) is 4.79 Å². The van der Waals surface area contributed by atoms with Gasteiger partial charge in [0.05, 0.1) is 0 Å². The fraction of sp³-hybridized carbons (Fsp3) is 0.160. The highest BCUT2D eigenvalue weighted by Crippen LogP contribution is 2.33. The van der Waals surface area contributed by atoms with Crippen molar-refractivity contribution in [2.24, 2.45) is 5.16 Å². The summed E-state index contributed by atoms with van der Waals surface area (Å²) in [6, 6.07) is 19.3. The van der Waals surface area contributed by atoms with Crippen LogP contribution in [0.15, 0.2) is 84.3 Å². The van der Waals surface area contributed by atoms with Crippen molar-refractivity contribution >= 4 is 17.3 Å². The van der Waals surface area contributed by atoms with Crippen molar-refractivity contribution in [2.75, 3.05) is 13.2 Å². The Hall–Kier alpha value is -3.93. The number of aromatic nitrogens is 1. The van der Waals surface area contributed by atoms with Gasteiger partial charge in [-0.15, -0.1) is 0 Å². The van der Waals surface area contributed by atoms with E-state index in [0.29, 0.717) is 18.1 Å². The van der Waals surface area contributed by atoms with Crippen LogP contribution in [0.4, 0.5) is 0 Å². The first kappa shape index (κ1) is 20.3. The van der Waals surface area contributed by atoms with E-state index >= 15 is 0 Å². The van der Waals surface area contributed by atoms with E-state index in [0.717, 1.165) is 40.7 Å². The molecule has 0 atom stereocenters. The highest BCUT2D eigenvalue weighted by molar-refractivity contribution is 6.12. The third kappa shape index (κ3) is 4.98. The highest BCUT2D eigenvalue weighted by atomic mass is 16.6. The van der Waals surface area contributed by atoms with Crippen LogP contribution in [0.3, 0.4) is 0 Å². The maximum Gasteiger partial charge on any atom is 0.341 e. The Labute approximate surface area is 180 Å². The van der Waals surface area contributed by atoms with Crippen LogP contribution >= 0.6 is 0 Å². The number of oxime groups is 1. The number of allylic oxidation sites excluding steroid dienone is 1. The number of rotatable bonds is 8. The maximum atomic E-state index is 10.9. The first-order valence-electron chi connectivity index (χ1n) is 10.0. The Morgan fingerprint density at radius 1 is 1.03 bits per heavy atom. The Bertz CT molecular complexity index is 1070. The van der Waals surface area contributed by atoms with Crippen molar-refractivity contribution in [3.05, 3.63) is 101 Å². The molecule has 1 N–H and O–H groups in total. The fourth-order valence-corrected chi connectivity index (χ4v) is 3.57. The molecule has 0 saturated carbocycles. The molecule has 0 saturated heterocycles. The lowest BCUT2D eigenvalue weighted by molar-refractivity contribution is -0.139. The van der Waals surface area contributed by atoms with Crippen LogP contribution in [0, 0.1) is 0 Å². The Morgan fingerprint density at radius 3 is 2.65 bits per heavy atom. The van der Waals surface area contributed by atoms with E-state index in [2.05, 4.69) is 16.2 Å². The number of ether oxygens (including phenoxy) is 1. The molecule has 1 heterocycles. The summed E-state index contributed by atoms with van der Waals surface area (Å²) in [7, 11) is 0. The number of carboxylic acid groups (broad SMARTS) is 1. The van der Waals surface area contributed by atoms with Crippen LogP contribution in [0.2, 0.25) is 0 Å². The molecular weight excluding hydrogens is 392 g/mol. The minimum absolute atomic E-state index is 0.298. The molecular formula is C25H22N2O4. The number of benzene rings is 2. The predicted octanol–water partition coefficient (Wildman–Crippen LogP) is 4.34. The van der Waals surface area contributed by atoms with E-state index in [1.807, 2.05) is 54.6 Å². The molecule has 0 aliphatic heterocycles. The lowest BCUT2D eigenvalue weighted by Crippen LogP contribution is -2.12. The van der Waals surface area contributed by atoms with Crippen molar-refractivity contribution in [2.45, 2.75) is 12.8 Å². The number of hydrogen-bond acceptors (Lipinski definition) is 5. The Kier molecular flexibility index (Phi) is 6.38. The van der Waals surface area contributed by atoms with Gasteiger partial charge in [0.1, 0.15) is 18.1 Å². The molecule has 31 heavy (non-hydrogen) atoms. The van der Waals surface area contributed by atoms with E-state index in [1.165, 1.54) is 0 Å². The number of nitrogens with zero attached hydrogens (tertiary/aromatic N) is 2. The van der Waals surface area contributed by atoms with Gasteiger partial charge in [-0.1, -0.05) is 53.7 Å². The molecule has 1 aromatic heterocycles. The smallest absolute Gasteiger partial charge is 0.341 e. The van der Waals surface area contributed by atoms with Crippen molar-refractivity contribution in [1.29, 1.82) is 0 Å². The Morgan fingerprint density at radius 2 is 1.87 bits per heavy atom. The van der Waals surface area contributed by atoms with Gasteiger partial charge in [-0.05, 0) is 42.2 Å². The number of carboxylic acids is 1. The molecule has 0 amide bonds. The minimum atomic E-state index is -0.995. The van der Waals surface area contributed by atoms with E-state index in [1.54, 1.807) is 18.5 Å². The molecule has 1 aliphatic carbocycles. The molecule has 4 rings (SSSR count). The van der Waals surface area contributed by atoms with Crippen LogP contribution in [0.25, 0.3) is 5.57 Å². The lowest BCUT2D eigenvalue weighted by atomic mass is 9.90. The summed E-state index contributed by atoms with van der Waals surface area (Å²) in [5.74, 6) is -0.389. The number of carbonyl (C=O) groups is 1. The Balaban J connectivity index is 1.55. The first-order valence-corrected chi connectivity index (χ1v) is 10.0. The number of hydrogen-bond donors (Lipinski definition) is 1. The summed E-state index contributed by atoms with van der Waals surface area (Å²) in [6.07, 6.45) is 7.24. The van der Waals surface area contributed by atoms with Crippen LogP contribution in [-0.2, 0) is 16.1 Å². The lowest BCUT2D eigenvalue weighted by Gasteiger charge is -2.20. The molecule has 6 heteroatoms. The third-order valence-electron chi connectivity index (χ3n) is 4.97. The second-order valence-corrected chi connectivity index (χ2v) is 7.05. The fourth-order valence-electron chi connectivity index (χ4n) is 3.57. The van der Waals surface area contributed by atoms with Crippen LogP contribution in [-0.4, -0.2) is 35.0 Å². The maximum absolute atomic E-state index is 10.9. The summed E-state index contributed by atoms with van der Waals surface area (Å²) in [5.41, 5.74) is 5.54. The molecule has 156 valence electrons. The van der Waals surface area contributed by atoms with E-state index in [-0.39, 0.29) is 6.61 Å². The number of pyridine rings is 1. The predicted molar refractivity (Wildman–Crippen MR) is 118 cm³/mol. The van der Waals surface area contributed by atoms with Gasteiger partial charge < -0.3 is 14.7 Å². The summed E-state index contributed by atoms with van der Waals surface area (Å²) in [5, 5.41) is 13.4. The molecule has 0 fully saturated rings. The molecule has 1 aliphatic rings. The van der Waals surface area contributed by atoms with Crippen molar-refractivity contribution < 1.29 is 19.5 Å². The summed E-state index contributed by atoms with van der Waals surface area (Å²) in [4.78, 5) is 20.9. The molecule has 0 radical (unpaired) electrons. The summed E-state index contributed by atoms with van der Waals surface area (Å²) in [6.45, 7) is -0.0617.